The van der Waals surface area contributed by atoms with E-state index < -0.39 is 0 Å². The van der Waals surface area contributed by atoms with Gasteiger partial charge in [-0.15, -0.1) is 0 Å². The topological polar surface area (TPSA) is 98.9 Å². The summed E-state index contributed by atoms with van der Waals surface area (Å²) >= 11 is 10.0. The Balaban J connectivity index is 3.07. The van der Waals surface area contributed by atoms with Gasteiger partial charge < -0.3 is 16.4 Å². The van der Waals surface area contributed by atoms with Crippen molar-refractivity contribution in [3.05, 3.63) is 29.8 Å². The monoisotopic (exact) mass is 337 g/mol. The van der Waals surface area contributed by atoms with E-state index in [0.29, 0.717) is 27.3 Å². The SMILES string of the molecule is CNC(=S)N/N=C(C)/C(=N/NC(=S)NC)c1ccc(N)cc1. The van der Waals surface area contributed by atoms with Crippen LogP contribution >= 0.6 is 24.4 Å². The third-order valence-corrected chi connectivity index (χ3v) is 3.17. The minimum Gasteiger partial charge on any atom is -0.399 e. The summed E-state index contributed by atoms with van der Waals surface area (Å²) in [5, 5.41) is 14.9. The lowest BCUT2D eigenvalue weighted by atomic mass is 10.1. The Morgan fingerprint density at radius 3 is 1.95 bits per heavy atom. The number of rotatable bonds is 4. The van der Waals surface area contributed by atoms with Gasteiger partial charge in [0, 0.05) is 25.3 Å². The molecule has 0 heterocycles. The lowest BCUT2D eigenvalue weighted by Crippen LogP contribution is -2.32. The standard InChI is InChI=1S/C13H19N7S2/c1-8(17-19-12(21)15-2)11(18-20-13(22)16-3)9-4-6-10(14)7-5-9/h4-7H,14H2,1-3H3,(H2,15,19,21)(H2,16,20,22)/b17-8+,18-11-. The van der Waals surface area contributed by atoms with Gasteiger partial charge in [0.1, 0.15) is 5.71 Å². The van der Waals surface area contributed by atoms with E-state index in [9.17, 15) is 0 Å². The average molecular weight is 337 g/mol. The molecule has 0 bridgehead atoms. The van der Waals surface area contributed by atoms with E-state index in [-0.39, 0.29) is 0 Å². The van der Waals surface area contributed by atoms with Gasteiger partial charge in [0.05, 0.1) is 5.71 Å². The van der Waals surface area contributed by atoms with Gasteiger partial charge in [0.25, 0.3) is 0 Å². The van der Waals surface area contributed by atoms with E-state index in [1.54, 1.807) is 26.2 Å². The molecule has 22 heavy (non-hydrogen) atoms. The zero-order valence-corrected chi connectivity index (χ0v) is 14.2. The van der Waals surface area contributed by atoms with Crippen molar-refractivity contribution in [2.24, 2.45) is 10.2 Å². The highest BCUT2D eigenvalue weighted by molar-refractivity contribution is 7.80. The van der Waals surface area contributed by atoms with Crippen LogP contribution < -0.4 is 27.2 Å². The van der Waals surface area contributed by atoms with E-state index in [1.165, 1.54) is 0 Å². The zero-order chi connectivity index (χ0) is 16.5. The van der Waals surface area contributed by atoms with Crippen LogP contribution in [0.25, 0.3) is 0 Å². The lowest BCUT2D eigenvalue weighted by molar-refractivity contribution is 0.966. The first kappa shape index (κ1) is 17.8. The van der Waals surface area contributed by atoms with Crippen molar-refractivity contribution in [2.75, 3.05) is 19.8 Å². The molecule has 0 aliphatic heterocycles. The second kappa shape index (κ2) is 8.90. The summed E-state index contributed by atoms with van der Waals surface area (Å²) in [6.45, 7) is 1.81. The van der Waals surface area contributed by atoms with Crippen LogP contribution in [0.5, 0.6) is 0 Å². The highest BCUT2D eigenvalue weighted by Crippen LogP contribution is 2.08. The molecule has 1 aromatic rings. The van der Waals surface area contributed by atoms with Gasteiger partial charge in [-0.2, -0.15) is 10.2 Å². The molecule has 0 aromatic heterocycles. The molecular weight excluding hydrogens is 318 g/mol. The Morgan fingerprint density at radius 1 is 0.955 bits per heavy atom. The fourth-order valence-corrected chi connectivity index (χ4v) is 1.49. The number of hydrogen-bond donors (Lipinski definition) is 5. The number of hydrogen-bond acceptors (Lipinski definition) is 5. The molecule has 7 nitrogen and oxygen atoms in total. The predicted octanol–water partition coefficient (Wildman–Crippen LogP) is 0.537. The largest absolute Gasteiger partial charge is 0.399 e. The summed E-state index contributed by atoms with van der Waals surface area (Å²) in [7, 11) is 3.42. The van der Waals surface area contributed by atoms with Crippen molar-refractivity contribution in [1.29, 1.82) is 0 Å². The van der Waals surface area contributed by atoms with Crippen molar-refractivity contribution >= 4 is 51.8 Å². The molecule has 0 atom stereocenters. The first-order valence-electron chi connectivity index (χ1n) is 6.41. The molecule has 9 heteroatoms. The summed E-state index contributed by atoms with van der Waals surface area (Å²) in [5.41, 5.74) is 13.9. The summed E-state index contributed by atoms with van der Waals surface area (Å²) in [5.74, 6) is 0. The van der Waals surface area contributed by atoms with Gasteiger partial charge in [-0.25, -0.2) is 0 Å². The van der Waals surface area contributed by atoms with E-state index >= 15 is 0 Å². The van der Waals surface area contributed by atoms with Gasteiger partial charge in [0.15, 0.2) is 10.2 Å². The first-order chi connectivity index (χ1) is 10.5. The van der Waals surface area contributed by atoms with Gasteiger partial charge in [-0.1, -0.05) is 12.1 Å². The van der Waals surface area contributed by atoms with E-state index in [1.807, 2.05) is 19.1 Å². The van der Waals surface area contributed by atoms with Crippen LogP contribution in [0.4, 0.5) is 5.69 Å². The summed E-state index contributed by atoms with van der Waals surface area (Å²) < 4.78 is 0. The third kappa shape index (κ3) is 5.62. The summed E-state index contributed by atoms with van der Waals surface area (Å²) in [6.07, 6.45) is 0. The maximum absolute atomic E-state index is 5.71. The minimum atomic E-state index is 0.402. The smallest absolute Gasteiger partial charge is 0.186 e. The van der Waals surface area contributed by atoms with Gasteiger partial charge >= 0.3 is 0 Å². The summed E-state index contributed by atoms with van der Waals surface area (Å²) in [6, 6.07) is 7.29. The predicted molar refractivity (Wildman–Crippen MR) is 100 cm³/mol. The highest BCUT2D eigenvalue weighted by atomic mass is 32.1. The Morgan fingerprint density at radius 2 is 1.45 bits per heavy atom. The van der Waals surface area contributed by atoms with Crippen LogP contribution in [0, 0.1) is 0 Å². The molecule has 118 valence electrons. The van der Waals surface area contributed by atoms with Gasteiger partial charge in [-0.3, -0.25) is 10.9 Å². The number of nitrogen functional groups attached to an aromatic ring is 1. The molecule has 6 N–H and O–H groups in total. The van der Waals surface area contributed by atoms with Crippen LogP contribution in [0.3, 0.4) is 0 Å². The number of benzene rings is 1. The number of nitrogens with one attached hydrogen (secondary N) is 4. The van der Waals surface area contributed by atoms with Crippen LogP contribution in [0.2, 0.25) is 0 Å². The van der Waals surface area contributed by atoms with E-state index in [4.69, 9.17) is 30.2 Å². The fourth-order valence-electron chi connectivity index (χ4n) is 1.40. The molecular formula is C13H19N7S2. The van der Waals surface area contributed by atoms with Crippen LogP contribution in [-0.4, -0.2) is 35.7 Å². The molecule has 1 rings (SSSR count). The average Bonchev–Trinajstić information content (AvgIpc) is 2.53. The first-order valence-corrected chi connectivity index (χ1v) is 7.23. The molecule has 0 radical (unpaired) electrons. The van der Waals surface area contributed by atoms with Crippen molar-refractivity contribution in [1.82, 2.24) is 21.5 Å². The molecule has 0 unspecified atom stereocenters. The number of thiocarbonyl (C=S) groups is 2. The Bertz CT molecular complexity index is 593. The molecule has 0 fully saturated rings. The van der Waals surface area contributed by atoms with E-state index in [0.717, 1.165) is 5.56 Å². The van der Waals surface area contributed by atoms with Crippen LogP contribution in [0.15, 0.2) is 34.5 Å². The maximum atomic E-state index is 5.71. The minimum absolute atomic E-state index is 0.402. The van der Waals surface area contributed by atoms with Crippen LogP contribution in [-0.2, 0) is 0 Å². The molecule has 0 aliphatic rings. The Hall–Kier alpha value is -2.26. The highest BCUT2D eigenvalue weighted by Gasteiger charge is 2.09. The Labute approximate surface area is 140 Å². The van der Waals surface area contributed by atoms with E-state index in [2.05, 4.69) is 31.7 Å². The fraction of sp³-hybridized carbons (Fsp3) is 0.231. The molecule has 0 saturated carbocycles. The summed E-state index contributed by atoms with van der Waals surface area (Å²) in [4.78, 5) is 0. The van der Waals surface area contributed by atoms with Crippen molar-refractivity contribution in [3.63, 3.8) is 0 Å². The quantitative estimate of drug-likeness (QED) is 0.237. The number of anilines is 1. The van der Waals surface area contributed by atoms with Gasteiger partial charge in [0.2, 0.25) is 0 Å². The normalized spacial score (nSPS) is 11.6. The van der Waals surface area contributed by atoms with Crippen LogP contribution in [0.1, 0.15) is 12.5 Å². The number of nitrogens with zero attached hydrogens (tertiary/aromatic N) is 2. The second-order valence-corrected chi connectivity index (χ2v) is 4.98. The molecule has 0 aliphatic carbocycles. The molecule has 1 aromatic carbocycles. The number of hydrazone groups is 2. The van der Waals surface area contributed by atoms with Crippen molar-refractivity contribution in [3.8, 4) is 0 Å². The van der Waals surface area contributed by atoms with Gasteiger partial charge in [-0.05, 0) is 43.5 Å². The third-order valence-electron chi connectivity index (χ3n) is 2.58. The molecule has 0 amide bonds. The van der Waals surface area contributed by atoms with Crippen molar-refractivity contribution in [2.45, 2.75) is 6.92 Å². The second-order valence-electron chi connectivity index (χ2n) is 4.16. The molecule has 0 saturated heterocycles. The number of nitrogens with two attached hydrogens (primary N) is 1. The lowest BCUT2D eigenvalue weighted by Gasteiger charge is -2.09. The molecule has 0 spiro atoms. The zero-order valence-electron chi connectivity index (χ0n) is 12.6. The Kier molecular flexibility index (Phi) is 7.20. The maximum Gasteiger partial charge on any atom is 0.186 e. The van der Waals surface area contributed by atoms with Crippen molar-refractivity contribution < 1.29 is 0 Å².